The molecular weight excluding hydrogens is 552 g/mol. The molecule has 0 aromatic rings. The van der Waals surface area contributed by atoms with Gasteiger partial charge in [-0.2, -0.15) is 0 Å². The van der Waals surface area contributed by atoms with E-state index in [0.29, 0.717) is 0 Å². The standard InChI is InChI=1S/Al.7NO3.Zr/c;7*2-1(3)4;/q+3;7*-1;+4. The summed E-state index contributed by atoms with van der Waals surface area (Å²) in [7, 11) is 0. The van der Waals surface area contributed by atoms with Gasteiger partial charge in [0, 0.05) is 0 Å². The van der Waals surface area contributed by atoms with E-state index in [2.05, 4.69) is 0 Å². The molecule has 0 amide bonds. The van der Waals surface area contributed by atoms with Crippen molar-refractivity contribution in [1.29, 1.82) is 0 Å². The summed E-state index contributed by atoms with van der Waals surface area (Å²) in [5, 5.41) is 103. The second-order valence-corrected chi connectivity index (χ2v) is 1.57. The van der Waals surface area contributed by atoms with Gasteiger partial charge in [0.1, 0.15) is 0 Å². The third-order valence-electron chi connectivity index (χ3n) is 0. The molecule has 0 aromatic carbocycles. The van der Waals surface area contributed by atoms with Crippen molar-refractivity contribution >= 4 is 17.4 Å². The van der Waals surface area contributed by atoms with Gasteiger partial charge in [-0.15, -0.1) is 0 Å². The average Bonchev–Trinajstić information content (AvgIpc) is 2.20. The molecular formula is AlN7O21Zr. The third-order valence-corrected chi connectivity index (χ3v) is 0. The topological polar surface area (TPSA) is 463 Å². The zero-order valence-electron chi connectivity index (χ0n) is 12.8. The minimum atomic E-state index is -1.75. The molecule has 0 aromatic heterocycles. The zero-order valence-corrected chi connectivity index (χ0v) is 16.4. The van der Waals surface area contributed by atoms with E-state index in [9.17, 15) is 0 Å². The van der Waals surface area contributed by atoms with Crippen molar-refractivity contribution in [2.24, 2.45) is 0 Å². The smallest absolute Gasteiger partial charge is 0.356 e. The molecule has 0 atom stereocenters. The van der Waals surface area contributed by atoms with Crippen LogP contribution in [-0.2, 0) is 26.2 Å². The molecule has 0 spiro atoms. The molecule has 0 saturated carbocycles. The Balaban J connectivity index is -0.0000000242. The van der Waals surface area contributed by atoms with E-state index in [1.807, 2.05) is 0 Å². The summed E-state index contributed by atoms with van der Waals surface area (Å²) >= 11 is 0. The monoisotopic (exact) mass is 551 g/mol. The van der Waals surface area contributed by atoms with Crippen molar-refractivity contribution in [1.82, 2.24) is 0 Å². The van der Waals surface area contributed by atoms with Crippen LogP contribution in [0.4, 0.5) is 0 Å². The van der Waals surface area contributed by atoms with Crippen molar-refractivity contribution < 1.29 is 61.8 Å². The molecule has 0 saturated heterocycles. The van der Waals surface area contributed by atoms with Crippen LogP contribution in [0.5, 0.6) is 0 Å². The number of nitrogens with zero attached hydrogens (tertiary/aromatic N) is 7. The fourth-order valence-corrected chi connectivity index (χ4v) is 0. The van der Waals surface area contributed by atoms with Crippen LogP contribution in [0.1, 0.15) is 0 Å². The second-order valence-electron chi connectivity index (χ2n) is 1.57. The summed E-state index contributed by atoms with van der Waals surface area (Å²) in [4.78, 5) is 57.8. The van der Waals surface area contributed by atoms with Crippen molar-refractivity contribution in [3.8, 4) is 0 Å². The maximum atomic E-state index is 8.25. The second kappa shape index (κ2) is 49.8. The molecule has 0 bridgehead atoms. The normalized spacial score (nSPS) is 5.60. The Morgan fingerprint density at radius 1 is 0.267 bits per heavy atom. The first-order valence-corrected chi connectivity index (χ1v) is 3.83. The van der Waals surface area contributed by atoms with Gasteiger partial charge in [-0.25, -0.2) is 0 Å². The molecule has 0 unspecified atom stereocenters. The van der Waals surface area contributed by atoms with Crippen LogP contribution < -0.4 is 0 Å². The van der Waals surface area contributed by atoms with Gasteiger partial charge in [-0.05, 0) is 0 Å². The fourth-order valence-electron chi connectivity index (χ4n) is 0. The van der Waals surface area contributed by atoms with Crippen LogP contribution in [0.2, 0.25) is 0 Å². The fraction of sp³-hybridized carbons (Fsp3) is 0. The molecule has 0 aliphatic rings. The summed E-state index contributed by atoms with van der Waals surface area (Å²) in [6.45, 7) is 0. The van der Waals surface area contributed by atoms with Crippen LogP contribution >= 0.6 is 0 Å². The molecule has 0 radical (unpaired) electrons. The van der Waals surface area contributed by atoms with Crippen LogP contribution in [0.15, 0.2) is 0 Å². The molecule has 0 heterocycles. The summed E-state index contributed by atoms with van der Waals surface area (Å²) in [6.07, 6.45) is 0. The van der Waals surface area contributed by atoms with Crippen LogP contribution in [0, 0.1) is 107 Å². The molecule has 168 valence electrons. The molecule has 0 N–H and O–H groups in total. The first kappa shape index (κ1) is 56.2. The summed E-state index contributed by atoms with van der Waals surface area (Å²) in [5.74, 6) is 0. The number of rotatable bonds is 0. The van der Waals surface area contributed by atoms with Crippen molar-refractivity contribution in [2.45, 2.75) is 0 Å². The Morgan fingerprint density at radius 3 is 0.267 bits per heavy atom. The average molecular weight is 552 g/mol. The largest absolute Gasteiger partial charge is 4.00 e. The van der Waals surface area contributed by atoms with Gasteiger partial charge in [0.05, 0.1) is 35.6 Å². The van der Waals surface area contributed by atoms with E-state index in [-0.39, 0.29) is 43.6 Å². The van der Waals surface area contributed by atoms with E-state index < -0.39 is 35.6 Å². The van der Waals surface area contributed by atoms with E-state index in [1.54, 1.807) is 0 Å². The van der Waals surface area contributed by atoms with Gasteiger partial charge in [0.15, 0.2) is 0 Å². The van der Waals surface area contributed by atoms with E-state index >= 15 is 0 Å². The Hall–Kier alpha value is -4.18. The van der Waals surface area contributed by atoms with Gasteiger partial charge in [0.2, 0.25) is 0 Å². The van der Waals surface area contributed by atoms with Crippen LogP contribution in [0.25, 0.3) is 0 Å². The first-order chi connectivity index (χ1) is 12.1. The number of hydrogen-bond donors (Lipinski definition) is 0. The third kappa shape index (κ3) is 708. The van der Waals surface area contributed by atoms with E-state index in [0.717, 1.165) is 0 Å². The molecule has 0 fully saturated rings. The molecule has 30 heavy (non-hydrogen) atoms. The minimum absolute atomic E-state index is 0. The van der Waals surface area contributed by atoms with Crippen molar-refractivity contribution in [2.75, 3.05) is 0 Å². The molecule has 30 heteroatoms. The van der Waals surface area contributed by atoms with Crippen LogP contribution in [-0.4, -0.2) is 53.0 Å². The van der Waals surface area contributed by atoms with Crippen molar-refractivity contribution in [3.63, 3.8) is 0 Å². The van der Waals surface area contributed by atoms with Gasteiger partial charge < -0.3 is 107 Å². The van der Waals surface area contributed by atoms with Gasteiger partial charge in [0.25, 0.3) is 0 Å². The minimum Gasteiger partial charge on any atom is -0.356 e. The molecule has 0 aliphatic heterocycles. The summed E-state index contributed by atoms with van der Waals surface area (Å²) < 4.78 is 0. The van der Waals surface area contributed by atoms with E-state index in [4.69, 9.17) is 107 Å². The summed E-state index contributed by atoms with van der Waals surface area (Å²) in [6, 6.07) is 0. The quantitative estimate of drug-likeness (QED) is 0.177. The predicted molar refractivity (Wildman–Crippen MR) is 78.3 cm³/mol. The Labute approximate surface area is 186 Å². The maximum absolute atomic E-state index is 8.25. The first-order valence-electron chi connectivity index (χ1n) is 3.83. The molecule has 28 nitrogen and oxygen atoms in total. The number of hydrogen-bond acceptors (Lipinski definition) is 21. The Morgan fingerprint density at radius 2 is 0.267 bits per heavy atom. The zero-order chi connectivity index (χ0) is 25.0. The van der Waals surface area contributed by atoms with Gasteiger partial charge in [-0.1, -0.05) is 0 Å². The van der Waals surface area contributed by atoms with Gasteiger partial charge >= 0.3 is 43.6 Å². The Kier molecular flexibility index (Phi) is 93.3. The predicted octanol–water partition coefficient (Wildman–Crippen LogP) is -2.06. The van der Waals surface area contributed by atoms with Gasteiger partial charge in [-0.3, -0.25) is 0 Å². The van der Waals surface area contributed by atoms with Crippen LogP contribution in [0.3, 0.4) is 0 Å². The molecule has 0 rings (SSSR count). The SMILES string of the molecule is O=[N+]([O-])[O-].O=[N+]([O-])[O-].O=[N+]([O-])[O-].O=[N+]([O-])[O-].O=[N+]([O-])[O-].O=[N+]([O-])[O-].O=[N+]([O-])[O-].[Al+3].[Zr+4]. The summed E-state index contributed by atoms with van der Waals surface area (Å²) in [5.41, 5.74) is 0. The maximum Gasteiger partial charge on any atom is 4.00 e. The Bertz CT molecular complexity index is 314. The van der Waals surface area contributed by atoms with E-state index in [1.165, 1.54) is 0 Å². The molecule has 0 aliphatic carbocycles. The van der Waals surface area contributed by atoms with Crippen molar-refractivity contribution in [3.05, 3.63) is 107 Å².